The molecule has 0 aromatic heterocycles. The number of anilines is 1. The molecule has 0 saturated heterocycles. The second kappa shape index (κ2) is 14.9. The molecule has 230 valence electrons. The number of nitrogens with one attached hydrogen (secondary N) is 1. The van der Waals surface area contributed by atoms with Gasteiger partial charge in [-0.2, -0.15) is 0 Å². The van der Waals surface area contributed by atoms with Crippen LogP contribution in [0.4, 0.5) is 5.69 Å². The number of amides is 2. The molecular formula is C33H41N3O6S. The van der Waals surface area contributed by atoms with Crippen LogP contribution in [0.5, 0.6) is 11.5 Å². The van der Waals surface area contributed by atoms with Gasteiger partial charge in [0, 0.05) is 38.5 Å². The van der Waals surface area contributed by atoms with Gasteiger partial charge in [-0.1, -0.05) is 74.5 Å². The third-order valence-corrected chi connectivity index (χ3v) is 8.31. The van der Waals surface area contributed by atoms with Gasteiger partial charge in [0.05, 0.1) is 11.9 Å². The van der Waals surface area contributed by atoms with Crippen LogP contribution >= 0.6 is 0 Å². The van der Waals surface area contributed by atoms with Crippen molar-refractivity contribution >= 4 is 27.5 Å². The first-order valence-electron chi connectivity index (χ1n) is 14.6. The summed E-state index contributed by atoms with van der Waals surface area (Å²) in [5.41, 5.74) is 2.29. The predicted molar refractivity (Wildman–Crippen MR) is 168 cm³/mol. The number of hydrogen-bond donors (Lipinski definition) is 1. The standard InChI is InChI=1S/C33H41N3O6S/c1-25(2)23-34-33(38)29(21-26-11-6-4-7-12-26)35(24-27-13-8-5-9-14-27)32(37)15-10-18-36(43(3,39)40)28-16-17-30-31(22-28)42-20-19-41-30/h4-9,11-14,16-17,22,25,29H,10,15,18-21,23-24H2,1-3H3,(H,34,38)/t29-/m1/s1. The molecule has 43 heavy (non-hydrogen) atoms. The zero-order chi connectivity index (χ0) is 30.8. The number of nitrogens with zero attached hydrogens (tertiary/aromatic N) is 2. The minimum Gasteiger partial charge on any atom is -0.486 e. The van der Waals surface area contributed by atoms with Gasteiger partial charge in [0.25, 0.3) is 0 Å². The van der Waals surface area contributed by atoms with Crippen molar-refractivity contribution in [3.05, 3.63) is 90.0 Å². The lowest BCUT2D eigenvalue weighted by Gasteiger charge is -2.32. The highest BCUT2D eigenvalue weighted by atomic mass is 32.2. The molecule has 3 aromatic carbocycles. The Balaban J connectivity index is 1.55. The summed E-state index contributed by atoms with van der Waals surface area (Å²) >= 11 is 0. The van der Waals surface area contributed by atoms with Crippen LogP contribution < -0.4 is 19.1 Å². The Kier molecular flexibility index (Phi) is 11.1. The number of hydrogen-bond acceptors (Lipinski definition) is 6. The van der Waals surface area contributed by atoms with Gasteiger partial charge in [0.2, 0.25) is 21.8 Å². The first-order chi connectivity index (χ1) is 20.6. The Hall–Kier alpha value is -4.05. The van der Waals surface area contributed by atoms with E-state index in [-0.39, 0.29) is 43.7 Å². The maximum absolute atomic E-state index is 13.9. The van der Waals surface area contributed by atoms with Crippen LogP contribution in [-0.4, -0.2) is 63.7 Å². The number of carbonyl (C=O) groups is 2. The van der Waals surface area contributed by atoms with Gasteiger partial charge < -0.3 is 19.7 Å². The molecule has 1 aliphatic rings. The van der Waals surface area contributed by atoms with E-state index in [1.165, 1.54) is 4.31 Å². The van der Waals surface area contributed by atoms with E-state index in [0.717, 1.165) is 17.4 Å². The first kappa shape index (κ1) is 31.9. The van der Waals surface area contributed by atoms with E-state index in [9.17, 15) is 18.0 Å². The minimum absolute atomic E-state index is 0.0617. The molecule has 4 rings (SSSR count). The molecule has 1 atom stereocenters. The van der Waals surface area contributed by atoms with Crippen molar-refractivity contribution in [2.75, 3.05) is 36.9 Å². The zero-order valence-electron chi connectivity index (χ0n) is 25.1. The number of carbonyl (C=O) groups excluding carboxylic acids is 2. The maximum atomic E-state index is 13.9. The third-order valence-electron chi connectivity index (χ3n) is 7.12. The zero-order valence-corrected chi connectivity index (χ0v) is 25.9. The molecule has 0 bridgehead atoms. The number of fused-ring (bicyclic) bond motifs is 1. The molecule has 0 aliphatic carbocycles. The number of benzene rings is 3. The van der Waals surface area contributed by atoms with Crippen LogP contribution in [0.15, 0.2) is 78.9 Å². The van der Waals surface area contributed by atoms with Crippen LogP contribution in [0.25, 0.3) is 0 Å². The fraction of sp³-hybridized carbons (Fsp3) is 0.394. The largest absolute Gasteiger partial charge is 0.486 e. The highest BCUT2D eigenvalue weighted by Crippen LogP contribution is 2.34. The molecule has 0 unspecified atom stereocenters. The van der Waals surface area contributed by atoms with Crippen LogP contribution in [0.2, 0.25) is 0 Å². The van der Waals surface area contributed by atoms with Crippen molar-refractivity contribution in [1.29, 1.82) is 0 Å². The highest BCUT2D eigenvalue weighted by molar-refractivity contribution is 7.92. The molecule has 0 radical (unpaired) electrons. The first-order valence-corrected chi connectivity index (χ1v) is 16.5. The summed E-state index contributed by atoms with van der Waals surface area (Å²) in [5, 5.41) is 3.02. The Bertz CT molecular complexity index is 1460. The van der Waals surface area contributed by atoms with Crippen molar-refractivity contribution < 1.29 is 27.5 Å². The smallest absolute Gasteiger partial charge is 0.243 e. The summed E-state index contributed by atoms with van der Waals surface area (Å²) < 4.78 is 38.1. The monoisotopic (exact) mass is 607 g/mol. The van der Waals surface area contributed by atoms with E-state index in [2.05, 4.69) is 5.32 Å². The normalized spacial score (nSPS) is 13.3. The molecule has 10 heteroatoms. The lowest BCUT2D eigenvalue weighted by atomic mass is 10.0. The molecule has 1 aliphatic heterocycles. The fourth-order valence-corrected chi connectivity index (χ4v) is 5.90. The van der Waals surface area contributed by atoms with Crippen molar-refractivity contribution in [1.82, 2.24) is 10.2 Å². The molecule has 0 saturated carbocycles. The molecule has 9 nitrogen and oxygen atoms in total. The second-order valence-electron chi connectivity index (χ2n) is 11.1. The average Bonchev–Trinajstić information content (AvgIpc) is 3.00. The maximum Gasteiger partial charge on any atom is 0.243 e. The van der Waals surface area contributed by atoms with E-state index in [1.54, 1.807) is 23.1 Å². The van der Waals surface area contributed by atoms with Gasteiger partial charge in [-0.15, -0.1) is 0 Å². The summed E-state index contributed by atoms with van der Waals surface area (Å²) in [6.45, 7) is 5.70. The third kappa shape index (κ3) is 9.22. The lowest BCUT2D eigenvalue weighted by Crippen LogP contribution is -2.51. The van der Waals surface area contributed by atoms with Crippen LogP contribution in [-0.2, 0) is 32.6 Å². The Labute approximate surface area is 254 Å². The summed E-state index contributed by atoms with van der Waals surface area (Å²) in [7, 11) is -3.65. The van der Waals surface area contributed by atoms with E-state index < -0.39 is 16.1 Å². The van der Waals surface area contributed by atoms with E-state index in [0.29, 0.717) is 43.4 Å². The molecular weight excluding hydrogens is 566 g/mol. The van der Waals surface area contributed by atoms with Crippen LogP contribution in [0.3, 0.4) is 0 Å². The summed E-state index contributed by atoms with van der Waals surface area (Å²) in [6.07, 6.45) is 1.82. The highest BCUT2D eigenvalue weighted by Gasteiger charge is 2.30. The van der Waals surface area contributed by atoms with E-state index in [4.69, 9.17) is 9.47 Å². The second-order valence-corrected chi connectivity index (χ2v) is 13.0. The van der Waals surface area contributed by atoms with Gasteiger partial charge in [0.1, 0.15) is 19.3 Å². The van der Waals surface area contributed by atoms with Gasteiger partial charge in [-0.05, 0) is 35.6 Å². The topological polar surface area (TPSA) is 105 Å². The van der Waals surface area contributed by atoms with Crippen molar-refractivity contribution in [2.45, 2.75) is 45.7 Å². The summed E-state index contributed by atoms with van der Waals surface area (Å²) in [5.74, 6) is 0.868. The van der Waals surface area contributed by atoms with Crippen LogP contribution in [0, 0.1) is 5.92 Å². The average molecular weight is 608 g/mol. The van der Waals surface area contributed by atoms with Crippen molar-refractivity contribution in [3.63, 3.8) is 0 Å². The van der Waals surface area contributed by atoms with Gasteiger partial charge in [0.15, 0.2) is 11.5 Å². The minimum atomic E-state index is -3.65. The summed E-state index contributed by atoms with van der Waals surface area (Å²) in [4.78, 5) is 29.1. The van der Waals surface area contributed by atoms with Gasteiger partial charge in [-0.3, -0.25) is 13.9 Å². The number of rotatable bonds is 14. The number of ether oxygens (including phenoxy) is 2. The Morgan fingerprint density at radius 3 is 2.14 bits per heavy atom. The molecule has 1 heterocycles. The fourth-order valence-electron chi connectivity index (χ4n) is 4.95. The lowest BCUT2D eigenvalue weighted by molar-refractivity contribution is -0.141. The van der Waals surface area contributed by atoms with E-state index in [1.807, 2.05) is 74.5 Å². The van der Waals surface area contributed by atoms with Crippen molar-refractivity contribution in [2.24, 2.45) is 5.92 Å². The quantitative estimate of drug-likeness (QED) is 0.291. The Morgan fingerprint density at radius 2 is 1.51 bits per heavy atom. The predicted octanol–water partition coefficient (Wildman–Crippen LogP) is 4.42. The molecule has 1 N–H and O–H groups in total. The SMILES string of the molecule is CC(C)CNC(=O)[C@@H](Cc1ccccc1)N(Cc1ccccc1)C(=O)CCCN(c1ccc2c(c1)OCCO2)S(C)(=O)=O. The van der Waals surface area contributed by atoms with E-state index >= 15 is 0 Å². The molecule has 0 spiro atoms. The summed E-state index contributed by atoms with van der Waals surface area (Å²) in [6, 6.07) is 23.5. The van der Waals surface area contributed by atoms with Gasteiger partial charge in [-0.25, -0.2) is 8.42 Å². The van der Waals surface area contributed by atoms with Crippen LogP contribution in [0.1, 0.15) is 37.8 Å². The molecule has 0 fully saturated rings. The van der Waals surface area contributed by atoms with Gasteiger partial charge >= 0.3 is 0 Å². The van der Waals surface area contributed by atoms with Crippen molar-refractivity contribution in [3.8, 4) is 11.5 Å². The molecule has 2 amide bonds. The molecule has 3 aromatic rings. The Morgan fingerprint density at radius 1 is 0.884 bits per heavy atom. The number of sulfonamides is 1.